The van der Waals surface area contributed by atoms with Crippen molar-refractivity contribution in [1.29, 1.82) is 0 Å². The molecule has 13 heavy (non-hydrogen) atoms. The van der Waals surface area contributed by atoms with E-state index in [9.17, 15) is 4.55 Å². The minimum atomic E-state index is -0.621. The summed E-state index contributed by atoms with van der Waals surface area (Å²) >= 11 is -0.621. The van der Waals surface area contributed by atoms with Gasteiger partial charge in [0.2, 0.25) is 0 Å². The summed E-state index contributed by atoms with van der Waals surface area (Å²) in [6.07, 6.45) is 7.92. The molecule has 0 rings (SSSR count). The predicted octanol–water partition coefficient (Wildman–Crippen LogP) is 2.62. The molecule has 1 nitrogen and oxygen atoms in total. The van der Waals surface area contributed by atoms with Crippen LogP contribution in [0.25, 0.3) is 0 Å². The molecular formula is C10H24OS2. The van der Waals surface area contributed by atoms with Gasteiger partial charge in [0.05, 0.1) is 0 Å². The summed E-state index contributed by atoms with van der Waals surface area (Å²) in [5.41, 5.74) is 0. The van der Waals surface area contributed by atoms with E-state index in [1.54, 1.807) is 0 Å². The second-order valence-corrected chi connectivity index (χ2v) is 11.1. The summed E-state index contributed by atoms with van der Waals surface area (Å²) in [4.78, 5) is 0. The number of hydrogen-bond acceptors (Lipinski definition) is 1. The minimum Gasteiger partial charge on any atom is -0.616 e. The summed E-state index contributed by atoms with van der Waals surface area (Å²) in [7, 11) is -0.533. The zero-order valence-corrected chi connectivity index (χ0v) is 11.4. The molecule has 0 aliphatic carbocycles. The lowest BCUT2D eigenvalue weighted by Gasteiger charge is -2.34. The smallest absolute Gasteiger partial charge is 0.115 e. The first kappa shape index (κ1) is 13.7. The molecule has 3 unspecified atom stereocenters. The highest BCUT2D eigenvalue weighted by atomic mass is 32.3. The fourth-order valence-corrected chi connectivity index (χ4v) is 3.98. The van der Waals surface area contributed by atoms with E-state index in [2.05, 4.69) is 39.5 Å². The molecular weight excluding hydrogens is 200 g/mol. The van der Waals surface area contributed by atoms with Gasteiger partial charge in [-0.15, -0.1) is 0 Å². The van der Waals surface area contributed by atoms with E-state index in [0.29, 0.717) is 10.5 Å². The van der Waals surface area contributed by atoms with Crippen LogP contribution in [-0.2, 0) is 11.2 Å². The van der Waals surface area contributed by atoms with Gasteiger partial charge >= 0.3 is 0 Å². The summed E-state index contributed by atoms with van der Waals surface area (Å²) in [5.74, 6) is 0.883. The highest BCUT2D eigenvalue weighted by Gasteiger charge is 2.23. The summed E-state index contributed by atoms with van der Waals surface area (Å²) < 4.78 is 11.8. The Morgan fingerprint density at radius 1 is 1.23 bits per heavy atom. The maximum atomic E-state index is 11.8. The van der Waals surface area contributed by atoms with Gasteiger partial charge in [0.15, 0.2) is 0 Å². The molecule has 0 aromatic rings. The van der Waals surface area contributed by atoms with Gasteiger partial charge in [-0.25, -0.2) is 10.0 Å². The van der Waals surface area contributed by atoms with Crippen LogP contribution in [0.2, 0.25) is 0 Å². The molecule has 0 N–H and O–H groups in total. The third kappa shape index (κ3) is 5.18. The predicted molar refractivity (Wildman–Crippen MR) is 67.6 cm³/mol. The maximum absolute atomic E-state index is 11.8. The topological polar surface area (TPSA) is 23.1 Å². The molecule has 0 radical (unpaired) electrons. The second kappa shape index (κ2) is 5.52. The van der Waals surface area contributed by atoms with Crippen LogP contribution < -0.4 is 0 Å². The SMILES string of the molecule is CCC(C)[S+]([O-])CC(C)S(C)(C)C. The lowest BCUT2D eigenvalue weighted by atomic mass is 10.4. The maximum Gasteiger partial charge on any atom is 0.115 e. The molecule has 0 aromatic carbocycles. The van der Waals surface area contributed by atoms with E-state index in [1.165, 1.54) is 0 Å². The van der Waals surface area contributed by atoms with Crippen molar-refractivity contribution in [2.75, 3.05) is 24.5 Å². The zero-order chi connectivity index (χ0) is 10.6. The van der Waals surface area contributed by atoms with Crippen molar-refractivity contribution in [2.45, 2.75) is 37.7 Å². The Bertz CT molecular complexity index is 142. The molecule has 0 aliphatic rings. The molecule has 0 aromatic heterocycles. The van der Waals surface area contributed by atoms with E-state index < -0.39 is 21.2 Å². The number of hydrogen-bond donors (Lipinski definition) is 0. The highest BCUT2D eigenvalue weighted by Crippen LogP contribution is 2.41. The molecule has 0 saturated heterocycles. The monoisotopic (exact) mass is 224 g/mol. The van der Waals surface area contributed by atoms with Crippen LogP contribution in [0.15, 0.2) is 0 Å². The molecule has 0 saturated carbocycles. The van der Waals surface area contributed by atoms with Crippen LogP contribution in [0.1, 0.15) is 27.2 Å². The third-order valence-electron chi connectivity index (χ3n) is 2.63. The van der Waals surface area contributed by atoms with E-state index in [-0.39, 0.29) is 0 Å². The van der Waals surface area contributed by atoms with Crippen LogP contribution in [0.5, 0.6) is 0 Å². The minimum absolute atomic E-state index is 0.365. The van der Waals surface area contributed by atoms with Crippen molar-refractivity contribution in [1.82, 2.24) is 0 Å². The fourth-order valence-electron chi connectivity index (χ4n) is 0.786. The van der Waals surface area contributed by atoms with Gasteiger partial charge in [-0.1, -0.05) is 25.0 Å². The van der Waals surface area contributed by atoms with Crippen molar-refractivity contribution < 1.29 is 4.55 Å². The summed E-state index contributed by atoms with van der Waals surface area (Å²) in [6.45, 7) is 6.42. The average molecular weight is 224 g/mol. The van der Waals surface area contributed by atoms with Gasteiger partial charge in [-0.05, 0) is 32.1 Å². The molecule has 0 heterocycles. The highest BCUT2D eigenvalue weighted by molar-refractivity contribution is 8.32. The Morgan fingerprint density at radius 2 is 1.69 bits per heavy atom. The fraction of sp³-hybridized carbons (Fsp3) is 1.00. The largest absolute Gasteiger partial charge is 0.616 e. The van der Waals surface area contributed by atoms with Crippen molar-refractivity contribution in [2.24, 2.45) is 0 Å². The summed E-state index contributed by atoms with van der Waals surface area (Å²) in [6, 6.07) is 0. The van der Waals surface area contributed by atoms with Gasteiger partial charge in [0, 0.05) is 5.25 Å². The molecule has 0 fully saturated rings. The Morgan fingerprint density at radius 3 is 2.00 bits per heavy atom. The lowest BCUT2D eigenvalue weighted by molar-refractivity contribution is 0.579. The van der Waals surface area contributed by atoms with Crippen LogP contribution in [0.3, 0.4) is 0 Å². The van der Waals surface area contributed by atoms with Crippen molar-refractivity contribution in [3.05, 3.63) is 0 Å². The van der Waals surface area contributed by atoms with Crippen molar-refractivity contribution >= 4 is 21.2 Å². The first-order chi connectivity index (χ1) is 5.79. The van der Waals surface area contributed by atoms with Crippen molar-refractivity contribution in [3.8, 4) is 0 Å². The van der Waals surface area contributed by atoms with E-state index in [4.69, 9.17) is 0 Å². The van der Waals surface area contributed by atoms with Crippen LogP contribution >= 0.6 is 10.0 Å². The number of rotatable bonds is 5. The molecule has 82 valence electrons. The molecule has 3 atom stereocenters. The van der Waals surface area contributed by atoms with Gasteiger partial charge in [0.25, 0.3) is 0 Å². The van der Waals surface area contributed by atoms with Gasteiger partial charge in [-0.3, -0.25) is 0 Å². The second-order valence-electron chi connectivity index (χ2n) is 4.51. The average Bonchev–Trinajstić information content (AvgIpc) is 2.01. The Hall–Kier alpha value is 0.660. The van der Waals surface area contributed by atoms with E-state index in [0.717, 1.165) is 12.2 Å². The molecule has 0 spiro atoms. The van der Waals surface area contributed by atoms with E-state index >= 15 is 0 Å². The van der Waals surface area contributed by atoms with Gasteiger partial charge in [-0.2, -0.15) is 0 Å². The molecule has 0 bridgehead atoms. The van der Waals surface area contributed by atoms with Crippen LogP contribution in [-0.4, -0.2) is 39.6 Å². The normalized spacial score (nSPS) is 20.8. The van der Waals surface area contributed by atoms with E-state index in [1.807, 2.05) is 0 Å². The Kier molecular flexibility index (Phi) is 5.80. The quantitative estimate of drug-likeness (QED) is 0.658. The van der Waals surface area contributed by atoms with Crippen molar-refractivity contribution in [3.63, 3.8) is 0 Å². The lowest BCUT2D eigenvalue weighted by Crippen LogP contribution is -2.29. The standard InChI is InChI=1S/C10H24OS2/c1-7-9(2)12(11)8-10(3)13(4,5)6/h9-10H,7-8H2,1-6H3. The van der Waals surface area contributed by atoms with Crippen LogP contribution in [0, 0.1) is 0 Å². The van der Waals surface area contributed by atoms with Gasteiger partial charge < -0.3 is 4.55 Å². The molecule has 0 amide bonds. The Balaban J connectivity index is 3.98. The summed E-state index contributed by atoms with van der Waals surface area (Å²) in [5, 5.41) is 0.978. The van der Waals surface area contributed by atoms with Gasteiger partial charge in [0.1, 0.15) is 11.0 Å². The molecule has 3 heteroatoms. The first-order valence-corrected chi connectivity index (χ1v) is 9.13. The third-order valence-corrected chi connectivity index (χ3v) is 7.48. The Labute approximate surface area is 88.2 Å². The van der Waals surface area contributed by atoms with Crippen LogP contribution in [0.4, 0.5) is 0 Å². The molecule has 0 aliphatic heterocycles. The zero-order valence-electron chi connectivity index (χ0n) is 9.79. The first-order valence-electron chi connectivity index (χ1n) is 4.83.